The van der Waals surface area contributed by atoms with Crippen molar-refractivity contribution in [2.24, 2.45) is 22.2 Å². The molecular weight excluding hydrogens is 205 g/mol. The fourth-order valence-corrected chi connectivity index (χ4v) is 0.241. The molecule has 0 aromatic carbocycles. The molecular formula is C6H15ClN4O2. The molecule has 1 unspecified atom stereocenters. The number of hydrogen-bond donors (Lipinski definition) is 4. The van der Waals surface area contributed by atoms with Crippen molar-refractivity contribution in [2.75, 3.05) is 6.50 Å². The predicted molar refractivity (Wildman–Crippen MR) is 52.8 cm³/mol. The van der Waals surface area contributed by atoms with Gasteiger partial charge in [-0.3, -0.25) is 9.79 Å². The van der Waals surface area contributed by atoms with E-state index in [1.54, 1.807) is 0 Å². The molecule has 0 saturated heterocycles. The number of hydrogen-bond acceptors (Lipinski definition) is 3. The smallest absolute Gasteiger partial charge is 0.320 e. The summed E-state index contributed by atoms with van der Waals surface area (Å²) in [5.74, 6) is -3.03. The Morgan fingerprint density at radius 2 is 2.23 bits per heavy atom. The molecule has 0 aromatic rings. The average Bonchev–Trinajstić information content (AvgIpc) is 2.14. The molecule has 0 spiro atoms. The van der Waals surface area contributed by atoms with Crippen LogP contribution in [0, 0.1) is 0 Å². The van der Waals surface area contributed by atoms with Crippen LogP contribution in [0.5, 0.6) is 0 Å². The van der Waals surface area contributed by atoms with Crippen molar-refractivity contribution in [1.29, 1.82) is 0 Å². The lowest BCUT2D eigenvalue weighted by atomic mass is 11.1. The Kier molecular flexibility index (Phi) is 2.94. The molecule has 0 aliphatic carbocycles. The van der Waals surface area contributed by atoms with Crippen LogP contribution in [0.3, 0.4) is 0 Å². The Morgan fingerprint density at radius 1 is 1.69 bits per heavy atom. The van der Waals surface area contributed by atoms with Gasteiger partial charge in [-0.15, -0.1) is 12.4 Å². The highest BCUT2D eigenvalue weighted by atomic mass is 35.5. The number of carbonyl (C=O) groups is 1. The molecule has 0 aliphatic heterocycles. The van der Waals surface area contributed by atoms with E-state index in [0.29, 0.717) is 0 Å². The summed E-state index contributed by atoms with van der Waals surface area (Å²) in [7, 11) is 0. The number of rotatable bonds is 5. The maximum absolute atomic E-state index is 10.7. The van der Waals surface area contributed by atoms with Crippen molar-refractivity contribution in [3.63, 3.8) is 0 Å². The van der Waals surface area contributed by atoms with Crippen molar-refractivity contribution in [2.45, 2.75) is 18.8 Å². The second-order valence-electron chi connectivity index (χ2n) is 1.62. The SMILES string of the molecule is Cl.[2H][13C]([2H])([15N]=[13C]([15NH2])[15NH2])[13C]([2H])([2H])[13C]([2H])([2H])[13C]([2H])([15NH2])[13C](=O)O. The van der Waals surface area contributed by atoms with Crippen LogP contribution in [-0.2, 0) is 4.79 Å². The summed E-state index contributed by atoms with van der Waals surface area (Å²) >= 11 is 0. The van der Waals surface area contributed by atoms with E-state index in [1.807, 2.05) is 0 Å². The minimum atomic E-state index is -3.63. The highest BCUT2D eigenvalue weighted by Gasteiger charge is 2.09. The van der Waals surface area contributed by atoms with Crippen molar-refractivity contribution < 1.29 is 19.5 Å². The molecule has 0 saturated carbocycles. The zero-order valence-electron chi connectivity index (χ0n) is 13.4. The van der Waals surface area contributed by atoms with Crippen LogP contribution < -0.4 is 17.2 Å². The van der Waals surface area contributed by atoms with Crippen LogP contribution in [0.25, 0.3) is 0 Å². The predicted octanol–water partition coefficient (Wildman–Crippen LogP) is -1.13. The van der Waals surface area contributed by atoms with Gasteiger partial charge in [-0.1, -0.05) is 0 Å². The minimum absolute atomic E-state index is 0. The standard InChI is InChI=1S/C6H14N4O2.ClH/c7-4(5(11)12)2-1-3-10-6(8)9;/h4H,1-3,7H2,(H,11,12)(H4,8,9,10);1H/i1+1D2,2+1D2,3+1D2,4+1D,5+1,6+1,7+1,8+1,9+1,10+1;. The molecule has 0 aliphatic rings. The molecule has 1 atom stereocenters. The average molecular weight is 228 g/mol. The maximum atomic E-state index is 10.7. The largest absolute Gasteiger partial charge is 0.480 e. The third kappa shape index (κ3) is 8.90. The van der Waals surface area contributed by atoms with Crippen molar-refractivity contribution in [3.05, 3.63) is 0 Å². The molecule has 13 heavy (non-hydrogen) atoms. The van der Waals surface area contributed by atoms with Gasteiger partial charge in [0, 0.05) is 12.0 Å². The van der Waals surface area contributed by atoms with Crippen LogP contribution in [-0.4, -0.2) is 29.6 Å². The van der Waals surface area contributed by atoms with Crippen LogP contribution in [0.2, 0.25) is 0 Å². The van der Waals surface area contributed by atoms with Gasteiger partial charge in [0.2, 0.25) is 0 Å². The minimum Gasteiger partial charge on any atom is -0.480 e. The first-order valence-electron chi connectivity index (χ1n) is 6.24. The van der Waals surface area contributed by atoms with Crippen molar-refractivity contribution >= 4 is 24.3 Å². The monoisotopic (exact) mass is 227 g/mol. The van der Waals surface area contributed by atoms with E-state index >= 15 is 0 Å². The molecule has 0 rings (SSSR count). The second kappa shape index (κ2) is 7.63. The first-order valence-corrected chi connectivity index (χ1v) is 2.74. The molecule has 0 fully saturated rings. The molecule has 7 heteroatoms. The van der Waals surface area contributed by atoms with Crippen molar-refractivity contribution in [1.82, 2.24) is 0 Å². The molecule has 0 amide bonds. The molecule has 0 heterocycles. The fourth-order valence-electron chi connectivity index (χ4n) is 0.241. The van der Waals surface area contributed by atoms with E-state index in [0.717, 1.165) is 0 Å². The summed E-state index contributed by atoms with van der Waals surface area (Å²) in [5, 5.41) is 8.66. The van der Waals surface area contributed by atoms with Gasteiger partial charge in [0.1, 0.15) is 6.02 Å². The van der Waals surface area contributed by atoms with Gasteiger partial charge >= 0.3 is 5.97 Å². The van der Waals surface area contributed by atoms with E-state index in [-0.39, 0.29) is 12.4 Å². The van der Waals surface area contributed by atoms with Crippen LogP contribution in [0.4, 0.5) is 0 Å². The van der Waals surface area contributed by atoms with E-state index in [4.69, 9.17) is 31.9 Å². The summed E-state index contributed by atoms with van der Waals surface area (Å²) in [6, 6.07) is -3.44. The number of halogens is 1. The lowest BCUT2D eigenvalue weighted by molar-refractivity contribution is -0.138. The molecule has 78 valence electrons. The zero-order chi connectivity index (χ0) is 15.9. The zero-order valence-corrected chi connectivity index (χ0v) is 7.26. The van der Waals surface area contributed by atoms with Gasteiger partial charge in [0.05, 0.1) is 4.11 Å². The van der Waals surface area contributed by atoms with Crippen LogP contribution in [0.15, 0.2) is 4.99 Å². The molecule has 7 N–H and O–H groups in total. The highest BCUT2D eigenvalue weighted by molar-refractivity contribution is 5.85. The van der Waals surface area contributed by atoms with E-state index < -0.39 is 37.2 Å². The Labute approximate surface area is 92.4 Å². The molecule has 6 nitrogen and oxygen atoms in total. The second-order valence-corrected chi connectivity index (χ2v) is 1.62. The molecule has 0 radical (unpaired) electrons. The third-order valence-electron chi connectivity index (χ3n) is 0.668. The van der Waals surface area contributed by atoms with Gasteiger partial charge in [-0.25, -0.2) is 0 Å². The Hall–Kier alpha value is -1.01. The summed E-state index contributed by atoms with van der Waals surface area (Å²) in [6.07, 6.45) is -7.22. The topological polar surface area (TPSA) is 128 Å². The van der Waals surface area contributed by atoms with Gasteiger partial charge in [0.15, 0.2) is 5.96 Å². The Morgan fingerprint density at radius 3 is 2.62 bits per heavy atom. The van der Waals surface area contributed by atoms with Crippen molar-refractivity contribution in [3.8, 4) is 0 Å². The fraction of sp³-hybridized carbons (Fsp3) is 0.667. The van der Waals surface area contributed by atoms with Gasteiger partial charge in [0.25, 0.3) is 0 Å². The van der Waals surface area contributed by atoms with Gasteiger partial charge in [-0.2, -0.15) is 0 Å². The quantitative estimate of drug-likeness (QED) is 0.205. The van der Waals surface area contributed by atoms with Gasteiger partial charge in [-0.05, 0) is 12.7 Å². The van der Waals surface area contributed by atoms with E-state index in [2.05, 4.69) is 4.99 Å². The van der Waals surface area contributed by atoms with E-state index in [1.165, 1.54) is 0 Å². The summed E-state index contributed by atoms with van der Waals surface area (Å²) < 4.78 is 51.4. The lowest BCUT2D eigenvalue weighted by Crippen LogP contribution is -2.30. The maximum Gasteiger partial charge on any atom is 0.320 e. The summed E-state index contributed by atoms with van der Waals surface area (Å²) in [5.41, 5.74) is 14.7. The number of nitrogens with two attached hydrogens (primary N) is 3. The molecule has 0 bridgehead atoms. The number of aliphatic carboxylic acids is 1. The number of aliphatic imine (C=N–C) groups is 1. The van der Waals surface area contributed by atoms with Gasteiger partial charge < -0.3 is 22.3 Å². The highest BCUT2D eigenvalue weighted by Crippen LogP contribution is 1.94. The Balaban J connectivity index is 0. The first-order chi connectivity index (χ1) is 8.11. The normalized spacial score (nSPS) is 24.8. The molecule has 0 aromatic heterocycles. The third-order valence-corrected chi connectivity index (χ3v) is 0.668. The van der Waals surface area contributed by atoms with E-state index in [9.17, 15) is 4.79 Å². The number of carboxylic acids is 1. The lowest BCUT2D eigenvalue weighted by Gasteiger charge is -2.03. The number of guanidine groups is 1. The van der Waals surface area contributed by atoms with Crippen LogP contribution in [0.1, 0.15) is 22.3 Å². The number of carboxylic acid groups (broad SMARTS) is 1. The first kappa shape index (κ1) is 5.02. The Bertz CT molecular complexity index is 410. The summed E-state index contributed by atoms with van der Waals surface area (Å²) in [6.45, 7) is -3.32. The summed E-state index contributed by atoms with van der Waals surface area (Å²) in [4.78, 5) is 13.6. The number of nitrogens with zero attached hydrogens (tertiary/aromatic N) is 1. The van der Waals surface area contributed by atoms with Crippen LogP contribution >= 0.6 is 12.4 Å².